The number of nitrogens with one attached hydrogen (secondary N) is 1. The van der Waals surface area contributed by atoms with Crippen molar-refractivity contribution in [3.05, 3.63) is 52.0 Å². The number of aromatic nitrogens is 1. The van der Waals surface area contributed by atoms with E-state index in [1.54, 1.807) is 17.4 Å². The van der Waals surface area contributed by atoms with Crippen LogP contribution in [-0.4, -0.2) is 24.0 Å². The molecule has 2 heterocycles. The molecule has 1 fully saturated rings. The maximum Gasteiger partial charge on any atom is 0.244 e. The lowest BCUT2D eigenvalue weighted by atomic mass is 10.1. The van der Waals surface area contributed by atoms with E-state index in [4.69, 9.17) is 0 Å². The molecule has 0 atom stereocenters. The van der Waals surface area contributed by atoms with E-state index in [-0.39, 0.29) is 5.91 Å². The molecule has 4 nitrogen and oxygen atoms in total. The van der Waals surface area contributed by atoms with Crippen LogP contribution in [0.5, 0.6) is 0 Å². The van der Waals surface area contributed by atoms with E-state index in [2.05, 4.69) is 39.5 Å². The maximum atomic E-state index is 11.9. The van der Waals surface area contributed by atoms with E-state index < -0.39 is 0 Å². The fourth-order valence-corrected chi connectivity index (χ4v) is 3.42. The Morgan fingerprint density at radius 1 is 1.25 bits per heavy atom. The third-order valence-corrected chi connectivity index (χ3v) is 4.96. The molecule has 3 rings (SSSR count). The smallest absolute Gasteiger partial charge is 0.244 e. The highest BCUT2D eigenvalue weighted by molar-refractivity contribution is 7.09. The lowest BCUT2D eigenvalue weighted by Crippen LogP contribution is -2.29. The fourth-order valence-electron chi connectivity index (χ4n) is 2.84. The van der Waals surface area contributed by atoms with Crippen LogP contribution in [0.1, 0.15) is 35.5 Å². The first-order valence-corrected chi connectivity index (χ1v) is 9.30. The van der Waals surface area contributed by atoms with Crippen LogP contribution in [0.4, 0.5) is 5.69 Å². The van der Waals surface area contributed by atoms with Crippen LogP contribution in [0.25, 0.3) is 6.08 Å². The highest BCUT2D eigenvalue weighted by Gasteiger charge is 2.10. The monoisotopic (exact) mass is 341 g/mol. The number of hydrogen-bond acceptors (Lipinski definition) is 4. The third kappa shape index (κ3) is 4.68. The largest absolute Gasteiger partial charge is 0.372 e. The molecule has 0 aliphatic carbocycles. The second kappa shape index (κ2) is 8.11. The average Bonchev–Trinajstić information content (AvgIpc) is 3.05. The van der Waals surface area contributed by atoms with Gasteiger partial charge < -0.3 is 10.2 Å². The van der Waals surface area contributed by atoms with E-state index in [1.807, 2.05) is 12.3 Å². The molecule has 5 heteroatoms. The molecule has 24 heavy (non-hydrogen) atoms. The van der Waals surface area contributed by atoms with Crippen molar-refractivity contribution in [2.24, 2.45) is 0 Å². The van der Waals surface area contributed by atoms with E-state index in [0.717, 1.165) is 29.4 Å². The van der Waals surface area contributed by atoms with Crippen LogP contribution >= 0.6 is 11.3 Å². The van der Waals surface area contributed by atoms with Crippen LogP contribution in [0.2, 0.25) is 0 Å². The Balaban J connectivity index is 1.49. The number of anilines is 1. The molecule has 1 saturated heterocycles. The van der Waals surface area contributed by atoms with Crippen LogP contribution in [0.15, 0.2) is 35.7 Å². The van der Waals surface area contributed by atoms with Crippen molar-refractivity contribution in [2.75, 3.05) is 18.0 Å². The number of carbonyl (C=O) groups excluding carboxylic acids is 1. The normalized spacial score (nSPS) is 15.0. The summed E-state index contributed by atoms with van der Waals surface area (Å²) in [6.07, 6.45) is 7.19. The Morgan fingerprint density at radius 3 is 2.67 bits per heavy atom. The Bertz CT molecular complexity index is 700. The lowest BCUT2D eigenvalue weighted by molar-refractivity contribution is -0.116. The lowest BCUT2D eigenvalue weighted by Gasteiger charge is -2.28. The first kappa shape index (κ1) is 16.7. The number of amides is 1. The first-order chi connectivity index (χ1) is 11.7. The molecule has 1 aliphatic rings. The van der Waals surface area contributed by atoms with Gasteiger partial charge in [-0.25, -0.2) is 4.98 Å². The molecule has 0 bridgehead atoms. The van der Waals surface area contributed by atoms with Crippen molar-refractivity contribution in [3.8, 4) is 0 Å². The second-order valence-electron chi connectivity index (χ2n) is 6.06. The maximum absolute atomic E-state index is 11.9. The Labute approximate surface area is 147 Å². The van der Waals surface area contributed by atoms with E-state index in [0.29, 0.717) is 6.54 Å². The highest BCUT2D eigenvalue weighted by Crippen LogP contribution is 2.20. The Kier molecular flexibility index (Phi) is 5.64. The molecule has 0 unspecified atom stereocenters. The van der Waals surface area contributed by atoms with E-state index in [9.17, 15) is 4.79 Å². The zero-order valence-electron chi connectivity index (χ0n) is 14.0. The number of piperidine rings is 1. The molecule has 1 amide bonds. The van der Waals surface area contributed by atoms with Gasteiger partial charge in [0, 0.05) is 36.8 Å². The van der Waals surface area contributed by atoms with Crippen LogP contribution in [0.3, 0.4) is 0 Å². The summed E-state index contributed by atoms with van der Waals surface area (Å²) in [5, 5.41) is 5.86. The number of aryl methyl sites for hydroxylation is 1. The van der Waals surface area contributed by atoms with E-state index in [1.165, 1.54) is 31.0 Å². The highest BCUT2D eigenvalue weighted by atomic mass is 32.1. The van der Waals surface area contributed by atoms with Gasteiger partial charge in [0.2, 0.25) is 5.91 Å². The SMILES string of the molecule is Cc1nc(/C=C/C(=O)NCc2ccc(N3CCCCC3)cc2)cs1. The van der Waals surface area contributed by atoms with Gasteiger partial charge in [0.05, 0.1) is 10.7 Å². The van der Waals surface area contributed by atoms with Gasteiger partial charge in [-0.15, -0.1) is 11.3 Å². The van der Waals surface area contributed by atoms with Crippen molar-refractivity contribution in [1.29, 1.82) is 0 Å². The van der Waals surface area contributed by atoms with Gasteiger partial charge >= 0.3 is 0 Å². The summed E-state index contributed by atoms with van der Waals surface area (Å²) in [5.41, 5.74) is 3.23. The molecule has 2 aromatic rings. The minimum absolute atomic E-state index is 0.0965. The fraction of sp³-hybridized carbons (Fsp3) is 0.368. The molecule has 1 aromatic carbocycles. The molecule has 0 spiro atoms. The number of hydrogen-bond donors (Lipinski definition) is 1. The second-order valence-corrected chi connectivity index (χ2v) is 7.12. The van der Waals surface area contributed by atoms with E-state index >= 15 is 0 Å². The first-order valence-electron chi connectivity index (χ1n) is 8.43. The number of nitrogens with zero attached hydrogens (tertiary/aromatic N) is 2. The van der Waals surface area contributed by atoms with Crippen molar-refractivity contribution in [3.63, 3.8) is 0 Å². The van der Waals surface area contributed by atoms with Gasteiger partial charge in [0.1, 0.15) is 0 Å². The molecule has 1 aromatic heterocycles. The summed E-state index contributed by atoms with van der Waals surface area (Å²) in [5.74, 6) is -0.0965. The molecule has 1 aliphatic heterocycles. The zero-order chi connectivity index (χ0) is 16.8. The van der Waals surface area contributed by atoms with Gasteiger partial charge in [0.15, 0.2) is 0 Å². The number of carbonyl (C=O) groups is 1. The minimum atomic E-state index is -0.0965. The Hall–Kier alpha value is -2.14. The molecule has 126 valence electrons. The van der Waals surface area contributed by atoms with Crippen molar-refractivity contribution >= 4 is 29.0 Å². The number of rotatable bonds is 5. The molecule has 1 N–H and O–H groups in total. The Morgan fingerprint density at radius 2 is 2.00 bits per heavy atom. The predicted molar refractivity (Wildman–Crippen MR) is 100 cm³/mol. The summed E-state index contributed by atoms with van der Waals surface area (Å²) >= 11 is 1.58. The van der Waals surface area contributed by atoms with Crippen LogP contribution < -0.4 is 10.2 Å². The van der Waals surface area contributed by atoms with Crippen molar-refractivity contribution < 1.29 is 4.79 Å². The average molecular weight is 341 g/mol. The van der Waals surface area contributed by atoms with Gasteiger partial charge in [-0.2, -0.15) is 0 Å². The summed E-state index contributed by atoms with van der Waals surface area (Å²) in [7, 11) is 0. The summed E-state index contributed by atoms with van der Waals surface area (Å²) in [6, 6.07) is 8.50. The molecule has 0 saturated carbocycles. The third-order valence-electron chi connectivity index (χ3n) is 4.17. The standard InChI is InChI=1S/C19H23N3OS/c1-15-21-17(14-24-15)7-10-19(23)20-13-16-5-8-18(9-6-16)22-11-3-2-4-12-22/h5-10,14H,2-4,11-13H2,1H3,(H,20,23)/b10-7+. The van der Waals surface area contributed by atoms with Crippen LogP contribution in [-0.2, 0) is 11.3 Å². The van der Waals surface area contributed by atoms with Crippen molar-refractivity contribution in [1.82, 2.24) is 10.3 Å². The quantitative estimate of drug-likeness (QED) is 0.842. The summed E-state index contributed by atoms with van der Waals surface area (Å²) in [4.78, 5) is 18.6. The zero-order valence-corrected chi connectivity index (χ0v) is 14.8. The van der Waals surface area contributed by atoms with Crippen molar-refractivity contribution in [2.45, 2.75) is 32.7 Å². The van der Waals surface area contributed by atoms with Gasteiger partial charge in [0.25, 0.3) is 0 Å². The minimum Gasteiger partial charge on any atom is -0.372 e. The van der Waals surface area contributed by atoms with Crippen LogP contribution in [0, 0.1) is 6.92 Å². The van der Waals surface area contributed by atoms with Gasteiger partial charge in [-0.3, -0.25) is 4.79 Å². The van der Waals surface area contributed by atoms with Gasteiger partial charge in [-0.05, 0) is 50.0 Å². The van der Waals surface area contributed by atoms with Gasteiger partial charge in [-0.1, -0.05) is 12.1 Å². The summed E-state index contributed by atoms with van der Waals surface area (Å²) in [6.45, 7) is 4.79. The number of benzene rings is 1. The summed E-state index contributed by atoms with van der Waals surface area (Å²) < 4.78 is 0. The molecular weight excluding hydrogens is 318 g/mol. The number of thiazole rings is 1. The topological polar surface area (TPSA) is 45.2 Å². The predicted octanol–water partition coefficient (Wildman–Crippen LogP) is 3.77. The molecular formula is C19H23N3OS. The molecule has 0 radical (unpaired) electrons.